The van der Waals surface area contributed by atoms with E-state index in [9.17, 15) is 0 Å². The molecule has 0 aliphatic carbocycles. The Hall–Kier alpha value is -1.35. The second kappa shape index (κ2) is 4.26. The molecule has 2 aromatic rings. The highest BCUT2D eigenvalue weighted by Crippen LogP contribution is 2.30. The van der Waals surface area contributed by atoms with Crippen LogP contribution in [0.1, 0.15) is 22.9 Å². The second-order valence-electron chi connectivity index (χ2n) is 3.98. The zero-order valence-electron chi connectivity index (χ0n) is 9.87. The van der Waals surface area contributed by atoms with Crippen molar-refractivity contribution in [2.75, 3.05) is 5.73 Å². The fourth-order valence-corrected chi connectivity index (χ4v) is 2.52. The van der Waals surface area contributed by atoms with Gasteiger partial charge < -0.3 is 5.73 Å². The summed E-state index contributed by atoms with van der Waals surface area (Å²) in [4.78, 5) is 5.68. The van der Waals surface area contributed by atoms with Gasteiger partial charge >= 0.3 is 0 Å². The first-order valence-electron chi connectivity index (χ1n) is 5.44. The summed E-state index contributed by atoms with van der Waals surface area (Å²) in [6.07, 6.45) is 0.983. The molecule has 2 nitrogen and oxygen atoms in total. The van der Waals surface area contributed by atoms with E-state index >= 15 is 0 Å². The average molecular weight is 232 g/mol. The Kier molecular flexibility index (Phi) is 2.97. The molecular formula is C13H16N2S. The van der Waals surface area contributed by atoms with Crippen molar-refractivity contribution in [3.63, 3.8) is 0 Å². The summed E-state index contributed by atoms with van der Waals surface area (Å²) in [5.41, 5.74) is 10.6. The van der Waals surface area contributed by atoms with Gasteiger partial charge in [0.05, 0.1) is 5.69 Å². The summed E-state index contributed by atoms with van der Waals surface area (Å²) in [6.45, 7) is 6.38. The van der Waals surface area contributed by atoms with Crippen LogP contribution in [-0.4, -0.2) is 4.98 Å². The maximum Gasteiger partial charge on any atom is 0.180 e. The molecule has 0 aliphatic rings. The van der Waals surface area contributed by atoms with Crippen LogP contribution in [0.4, 0.5) is 5.13 Å². The first-order chi connectivity index (χ1) is 7.61. The highest BCUT2D eigenvalue weighted by atomic mass is 32.1. The van der Waals surface area contributed by atoms with Crippen LogP contribution in [0.3, 0.4) is 0 Å². The first kappa shape index (κ1) is 11.1. The molecule has 1 aromatic carbocycles. The number of rotatable bonds is 2. The molecule has 0 bridgehead atoms. The Morgan fingerprint density at radius 1 is 1.25 bits per heavy atom. The van der Waals surface area contributed by atoms with E-state index in [1.54, 1.807) is 11.3 Å². The van der Waals surface area contributed by atoms with Gasteiger partial charge in [0, 0.05) is 10.4 Å². The van der Waals surface area contributed by atoms with Gasteiger partial charge in [-0.1, -0.05) is 19.1 Å². The molecule has 0 radical (unpaired) electrons. The highest BCUT2D eigenvalue weighted by Gasteiger charge is 2.10. The standard InChI is InChI=1S/C13H16N2S/c1-4-11-12(15-13(14)16-11)10-6-5-8(2)9(3)7-10/h5-7H,4H2,1-3H3,(H2,14,15). The third-order valence-corrected chi connectivity index (χ3v) is 3.84. The van der Waals surface area contributed by atoms with Crippen molar-refractivity contribution < 1.29 is 0 Å². The van der Waals surface area contributed by atoms with Crippen LogP contribution in [0.15, 0.2) is 18.2 Å². The lowest BCUT2D eigenvalue weighted by Crippen LogP contribution is -1.88. The van der Waals surface area contributed by atoms with E-state index in [-0.39, 0.29) is 0 Å². The molecule has 1 aromatic heterocycles. The first-order valence-corrected chi connectivity index (χ1v) is 6.26. The number of anilines is 1. The number of nitrogen functional groups attached to an aromatic ring is 1. The van der Waals surface area contributed by atoms with E-state index < -0.39 is 0 Å². The molecule has 16 heavy (non-hydrogen) atoms. The smallest absolute Gasteiger partial charge is 0.180 e. The van der Waals surface area contributed by atoms with Crippen molar-refractivity contribution in [1.82, 2.24) is 4.98 Å². The van der Waals surface area contributed by atoms with Crippen LogP contribution >= 0.6 is 11.3 Å². The Morgan fingerprint density at radius 3 is 2.62 bits per heavy atom. The largest absolute Gasteiger partial charge is 0.375 e. The van der Waals surface area contributed by atoms with Crippen molar-refractivity contribution in [1.29, 1.82) is 0 Å². The van der Waals surface area contributed by atoms with Crippen LogP contribution in [-0.2, 0) is 6.42 Å². The number of nitrogens with zero attached hydrogens (tertiary/aromatic N) is 1. The molecule has 1 heterocycles. The van der Waals surface area contributed by atoms with Crippen molar-refractivity contribution in [3.8, 4) is 11.3 Å². The Balaban J connectivity index is 2.53. The molecule has 0 aliphatic heterocycles. The van der Waals surface area contributed by atoms with Crippen LogP contribution in [0.5, 0.6) is 0 Å². The Labute approximate surface area is 100 Å². The summed E-state index contributed by atoms with van der Waals surface area (Å²) < 4.78 is 0. The van der Waals surface area contributed by atoms with Gasteiger partial charge in [-0.05, 0) is 37.5 Å². The fourth-order valence-electron chi connectivity index (χ4n) is 1.72. The number of nitrogens with two attached hydrogens (primary N) is 1. The van der Waals surface area contributed by atoms with Crippen molar-refractivity contribution in [2.45, 2.75) is 27.2 Å². The van der Waals surface area contributed by atoms with Gasteiger partial charge in [-0.3, -0.25) is 0 Å². The lowest BCUT2D eigenvalue weighted by Gasteiger charge is -2.04. The topological polar surface area (TPSA) is 38.9 Å². The minimum atomic E-state index is 0.657. The number of aryl methyl sites for hydroxylation is 3. The third-order valence-electron chi connectivity index (χ3n) is 2.82. The number of hydrogen-bond acceptors (Lipinski definition) is 3. The second-order valence-corrected chi connectivity index (χ2v) is 5.09. The maximum atomic E-state index is 5.77. The van der Waals surface area contributed by atoms with Crippen molar-refractivity contribution in [3.05, 3.63) is 34.2 Å². The zero-order chi connectivity index (χ0) is 11.7. The summed E-state index contributed by atoms with van der Waals surface area (Å²) in [6, 6.07) is 6.44. The van der Waals surface area contributed by atoms with E-state index in [1.165, 1.54) is 21.6 Å². The minimum Gasteiger partial charge on any atom is -0.375 e. The SMILES string of the molecule is CCc1sc(N)nc1-c1ccc(C)c(C)c1. The third kappa shape index (κ3) is 1.95. The molecular weight excluding hydrogens is 216 g/mol. The van der Waals surface area contributed by atoms with Crippen LogP contribution in [0.2, 0.25) is 0 Å². The van der Waals surface area contributed by atoms with Crippen LogP contribution in [0.25, 0.3) is 11.3 Å². The fraction of sp³-hybridized carbons (Fsp3) is 0.308. The molecule has 0 unspecified atom stereocenters. The van der Waals surface area contributed by atoms with E-state index in [0.717, 1.165) is 12.1 Å². The van der Waals surface area contributed by atoms with Gasteiger partial charge in [0.2, 0.25) is 0 Å². The van der Waals surface area contributed by atoms with Gasteiger partial charge in [0.25, 0.3) is 0 Å². The lowest BCUT2D eigenvalue weighted by molar-refractivity contribution is 1.17. The van der Waals surface area contributed by atoms with Crippen LogP contribution < -0.4 is 5.73 Å². The van der Waals surface area contributed by atoms with Gasteiger partial charge in [0.15, 0.2) is 5.13 Å². The molecule has 0 saturated carbocycles. The maximum absolute atomic E-state index is 5.77. The van der Waals surface area contributed by atoms with Crippen LogP contribution in [0, 0.1) is 13.8 Å². The molecule has 0 saturated heterocycles. The molecule has 2 rings (SSSR count). The molecule has 84 valence electrons. The number of hydrogen-bond donors (Lipinski definition) is 1. The molecule has 2 N–H and O–H groups in total. The lowest BCUT2D eigenvalue weighted by atomic mass is 10.0. The molecule has 3 heteroatoms. The van der Waals surface area contributed by atoms with Crippen molar-refractivity contribution >= 4 is 16.5 Å². The average Bonchev–Trinajstić information content (AvgIpc) is 2.63. The summed E-state index contributed by atoms with van der Waals surface area (Å²) in [5.74, 6) is 0. The normalized spacial score (nSPS) is 10.7. The summed E-state index contributed by atoms with van der Waals surface area (Å²) in [5, 5.41) is 0.657. The molecule has 0 fully saturated rings. The molecule has 0 amide bonds. The van der Waals surface area contributed by atoms with E-state index in [2.05, 4.69) is 44.0 Å². The Bertz CT molecular complexity index is 515. The number of thiazole rings is 1. The van der Waals surface area contributed by atoms with Gasteiger partial charge in [0.1, 0.15) is 0 Å². The number of aromatic nitrogens is 1. The minimum absolute atomic E-state index is 0.657. The zero-order valence-corrected chi connectivity index (χ0v) is 10.7. The quantitative estimate of drug-likeness (QED) is 0.859. The predicted octanol–water partition coefficient (Wildman–Crippen LogP) is 3.57. The summed E-state index contributed by atoms with van der Waals surface area (Å²) in [7, 11) is 0. The summed E-state index contributed by atoms with van der Waals surface area (Å²) >= 11 is 1.59. The van der Waals surface area contributed by atoms with Gasteiger partial charge in [-0.15, -0.1) is 11.3 Å². The van der Waals surface area contributed by atoms with E-state index in [1.807, 2.05) is 0 Å². The van der Waals surface area contributed by atoms with E-state index in [4.69, 9.17) is 5.73 Å². The Morgan fingerprint density at radius 2 is 2.00 bits per heavy atom. The number of benzene rings is 1. The van der Waals surface area contributed by atoms with Gasteiger partial charge in [-0.25, -0.2) is 4.98 Å². The predicted molar refractivity (Wildman–Crippen MR) is 70.8 cm³/mol. The van der Waals surface area contributed by atoms with Gasteiger partial charge in [-0.2, -0.15) is 0 Å². The van der Waals surface area contributed by atoms with E-state index in [0.29, 0.717) is 5.13 Å². The highest BCUT2D eigenvalue weighted by molar-refractivity contribution is 7.15. The van der Waals surface area contributed by atoms with Crippen molar-refractivity contribution in [2.24, 2.45) is 0 Å². The molecule has 0 atom stereocenters. The monoisotopic (exact) mass is 232 g/mol. The molecule has 0 spiro atoms.